The zero-order valence-corrected chi connectivity index (χ0v) is 15.2. The molecular formula is C16H23N7O3. The first-order chi connectivity index (χ1) is 12.3. The molecule has 26 heavy (non-hydrogen) atoms. The molecule has 0 fully saturated rings. The van der Waals surface area contributed by atoms with E-state index in [0.717, 1.165) is 10.8 Å². The highest BCUT2D eigenvalue weighted by Gasteiger charge is 2.14. The number of fused-ring (bicyclic) bond motifs is 1. The zero-order valence-electron chi connectivity index (χ0n) is 15.2. The summed E-state index contributed by atoms with van der Waals surface area (Å²) in [5, 5.41) is 13.0. The van der Waals surface area contributed by atoms with E-state index < -0.39 is 17.2 Å². The molecule has 0 atom stereocenters. The fourth-order valence-electron chi connectivity index (χ4n) is 2.39. The molecule has 0 aliphatic heterocycles. The summed E-state index contributed by atoms with van der Waals surface area (Å²) in [5.41, 5.74) is -0.0844. The molecule has 0 aliphatic carbocycles. The lowest BCUT2D eigenvalue weighted by molar-refractivity contribution is -0.117. The van der Waals surface area contributed by atoms with Crippen molar-refractivity contribution in [3.8, 4) is 0 Å². The molecule has 0 aliphatic rings. The maximum atomic E-state index is 12.3. The molecule has 0 aromatic carbocycles. The average molecular weight is 361 g/mol. The second-order valence-electron chi connectivity index (χ2n) is 6.14. The molecule has 0 spiro atoms. The van der Waals surface area contributed by atoms with Gasteiger partial charge in [-0.05, 0) is 13.8 Å². The van der Waals surface area contributed by atoms with Crippen LogP contribution in [0, 0.1) is 5.41 Å². The monoisotopic (exact) mass is 361 g/mol. The molecule has 0 radical (unpaired) electrons. The van der Waals surface area contributed by atoms with Crippen molar-refractivity contribution in [2.24, 2.45) is 14.1 Å². The third-order valence-corrected chi connectivity index (χ3v) is 3.85. The quantitative estimate of drug-likeness (QED) is 0.434. The maximum absolute atomic E-state index is 12.3. The second kappa shape index (κ2) is 7.81. The highest BCUT2D eigenvalue weighted by Crippen LogP contribution is 2.04. The van der Waals surface area contributed by atoms with E-state index in [2.05, 4.69) is 15.6 Å². The summed E-state index contributed by atoms with van der Waals surface area (Å²) in [6, 6.07) is 0.151. The summed E-state index contributed by atoms with van der Waals surface area (Å²) in [7, 11) is 2.96. The Morgan fingerprint density at radius 1 is 1.31 bits per heavy atom. The minimum absolute atomic E-state index is 0.151. The van der Waals surface area contributed by atoms with Crippen LogP contribution in [0.5, 0.6) is 0 Å². The highest BCUT2D eigenvalue weighted by molar-refractivity contribution is 6.11. The predicted octanol–water partition coefficient (Wildman–Crippen LogP) is -0.919. The number of hydrogen-bond acceptors (Lipinski definition) is 6. The first kappa shape index (κ1) is 19.2. The Labute approximate surface area is 149 Å². The first-order valence-electron chi connectivity index (χ1n) is 8.13. The van der Waals surface area contributed by atoms with Crippen LogP contribution in [-0.2, 0) is 25.4 Å². The van der Waals surface area contributed by atoms with Gasteiger partial charge in [-0.1, -0.05) is 0 Å². The Bertz CT molecular complexity index is 978. The number of imidazole rings is 1. The lowest BCUT2D eigenvalue weighted by Gasteiger charge is -2.09. The number of amides is 1. The van der Waals surface area contributed by atoms with Crippen LogP contribution < -0.4 is 21.9 Å². The summed E-state index contributed by atoms with van der Waals surface area (Å²) < 4.78 is 3.92. The first-order valence-corrected chi connectivity index (χ1v) is 8.13. The van der Waals surface area contributed by atoms with E-state index in [-0.39, 0.29) is 18.2 Å². The molecule has 0 saturated heterocycles. The van der Waals surface area contributed by atoms with Gasteiger partial charge in [0, 0.05) is 45.6 Å². The van der Waals surface area contributed by atoms with Crippen LogP contribution >= 0.6 is 0 Å². The van der Waals surface area contributed by atoms with Crippen molar-refractivity contribution >= 4 is 23.3 Å². The van der Waals surface area contributed by atoms with E-state index in [0.29, 0.717) is 17.7 Å². The fraction of sp³-hybridized carbons (Fsp3) is 0.438. The van der Waals surface area contributed by atoms with Crippen LogP contribution in [0.15, 0.2) is 27.7 Å². The highest BCUT2D eigenvalue weighted by atomic mass is 16.2. The van der Waals surface area contributed by atoms with Gasteiger partial charge in [-0.2, -0.15) is 0 Å². The SMILES string of the molecule is CC(C)N/C=C(\C=N)C(=O)NCCn1cnc2c1c(=O)n(C)c(=O)n2C. The Morgan fingerprint density at radius 3 is 2.62 bits per heavy atom. The second-order valence-corrected chi connectivity index (χ2v) is 6.14. The van der Waals surface area contributed by atoms with Crippen LogP contribution in [-0.4, -0.2) is 43.4 Å². The van der Waals surface area contributed by atoms with E-state index in [1.165, 1.54) is 24.1 Å². The van der Waals surface area contributed by atoms with Gasteiger partial charge in [-0.25, -0.2) is 9.78 Å². The summed E-state index contributed by atoms with van der Waals surface area (Å²) in [5.74, 6) is -0.391. The number of aromatic nitrogens is 4. The number of hydrogen-bond donors (Lipinski definition) is 3. The van der Waals surface area contributed by atoms with Crippen LogP contribution in [0.4, 0.5) is 0 Å². The molecule has 10 heteroatoms. The Morgan fingerprint density at radius 2 is 2.00 bits per heavy atom. The van der Waals surface area contributed by atoms with Gasteiger partial charge < -0.3 is 20.6 Å². The van der Waals surface area contributed by atoms with Crippen LogP contribution in [0.3, 0.4) is 0 Å². The fourth-order valence-corrected chi connectivity index (χ4v) is 2.39. The van der Waals surface area contributed by atoms with Crippen LogP contribution in [0.25, 0.3) is 11.2 Å². The lowest BCUT2D eigenvalue weighted by atomic mass is 10.3. The standard InChI is InChI=1S/C16H23N7O3/c1-10(2)19-8-11(7-17)14(24)18-5-6-23-9-20-13-12(23)15(25)22(4)16(26)21(13)3/h7-10,17,19H,5-6H2,1-4H3,(H,18,24)/b11-8+,17-7?. The van der Waals surface area contributed by atoms with Gasteiger partial charge in [0.25, 0.3) is 11.5 Å². The van der Waals surface area contributed by atoms with Crippen LogP contribution in [0.2, 0.25) is 0 Å². The van der Waals surface area contributed by atoms with Gasteiger partial charge >= 0.3 is 5.69 Å². The number of nitrogens with one attached hydrogen (secondary N) is 3. The van der Waals surface area contributed by atoms with Gasteiger partial charge in [0.05, 0.1) is 11.9 Å². The third-order valence-electron chi connectivity index (χ3n) is 3.85. The van der Waals surface area contributed by atoms with E-state index in [1.807, 2.05) is 13.8 Å². The van der Waals surface area contributed by atoms with Gasteiger partial charge in [-0.3, -0.25) is 18.7 Å². The Balaban J connectivity index is 2.15. The Kier molecular flexibility index (Phi) is 5.75. The lowest BCUT2D eigenvalue weighted by Crippen LogP contribution is -2.38. The molecule has 10 nitrogen and oxygen atoms in total. The molecule has 0 bridgehead atoms. The van der Waals surface area contributed by atoms with Gasteiger partial charge in [0.15, 0.2) is 11.2 Å². The molecule has 2 heterocycles. The van der Waals surface area contributed by atoms with E-state index in [9.17, 15) is 14.4 Å². The largest absolute Gasteiger partial charge is 0.388 e. The van der Waals surface area contributed by atoms with Crippen molar-refractivity contribution < 1.29 is 4.79 Å². The van der Waals surface area contributed by atoms with Crippen molar-refractivity contribution in [3.05, 3.63) is 38.9 Å². The van der Waals surface area contributed by atoms with Gasteiger partial charge in [0.1, 0.15) is 0 Å². The van der Waals surface area contributed by atoms with Crippen molar-refractivity contribution in [2.75, 3.05) is 6.54 Å². The van der Waals surface area contributed by atoms with Crippen LogP contribution in [0.1, 0.15) is 13.8 Å². The van der Waals surface area contributed by atoms with E-state index >= 15 is 0 Å². The molecule has 3 N–H and O–H groups in total. The normalized spacial score (nSPS) is 11.8. The van der Waals surface area contributed by atoms with E-state index in [1.54, 1.807) is 11.6 Å². The van der Waals surface area contributed by atoms with Gasteiger partial charge in [0.2, 0.25) is 0 Å². The molecule has 2 rings (SSSR count). The van der Waals surface area contributed by atoms with Crippen molar-refractivity contribution in [3.63, 3.8) is 0 Å². The minimum Gasteiger partial charge on any atom is -0.388 e. The predicted molar refractivity (Wildman–Crippen MR) is 98.4 cm³/mol. The van der Waals surface area contributed by atoms with E-state index in [4.69, 9.17) is 5.41 Å². The molecule has 140 valence electrons. The van der Waals surface area contributed by atoms with Crippen molar-refractivity contribution in [2.45, 2.75) is 26.4 Å². The molecule has 0 saturated carbocycles. The summed E-state index contributed by atoms with van der Waals surface area (Å²) in [4.78, 5) is 40.5. The number of aryl methyl sites for hydroxylation is 1. The Hall–Kier alpha value is -3.17. The number of nitrogens with zero attached hydrogens (tertiary/aromatic N) is 4. The molecular weight excluding hydrogens is 338 g/mol. The number of carbonyl (C=O) groups is 1. The van der Waals surface area contributed by atoms with Gasteiger partial charge in [-0.15, -0.1) is 0 Å². The summed E-state index contributed by atoms with van der Waals surface area (Å²) in [6.07, 6.45) is 3.93. The van der Waals surface area contributed by atoms with Crippen molar-refractivity contribution in [1.29, 1.82) is 5.41 Å². The third kappa shape index (κ3) is 3.73. The summed E-state index contributed by atoms with van der Waals surface area (Å²) >= 11 is 0. The smallest absolute Gasteiger partial charge is 0.332 e. The summed E-state index contributed by atoms with van der Waals surface area (Å²) in [6.45, 7) is 4.39. The number of rotatable bonds is 7. The topological polar surface area (TPSA) is 127 Å². The number of carbonyl (C=O) groups excluding carboxylic acids is 1. The average Bonchev–Trinajstić information content (AvgIpc) is 3.02. The molecule has 0 unspecified atom stereocenters. The minimum atomic E-state index is -0.445. The maximum Gasteiger partial charge on any atom is 0.332 e. The molecule has 2 aromatic heterocycles. The molecule has 2 aromatic rings. The molecule has 1 amide bonds. The van der Waals surface area contributed by atoms with Crippen molar-refractivity contribution in [1.82, 2.24) is 29.3 Å². The zero-order chi connectivity index (χ0) is 19.4.